The molecule has 1 N–H and O–H groups in total. The number of fused-ring (bicyclic) bond motifs is 1. The summed E-state index contributed by atoms with van der Waals surface area (Å²) in [6.45, 7) is 8.28. The van der Waals surface area contributed by atoms with Crippen molar-refractivity contribution in [1.82, 2.24) is 10.5 Å². The van der Waals surface area contributed by atoms with E-state index in [0.717, 1.165) is 0 Å². The van der Waals surface area contributed by atoms with Crippen molar-refractivity contribution in [2.75, 3.05) is 18.0 Å². The van der Waals surface area contributed by atoms with Crippen molar-refractivity contribution in [2.45, 2.75) is 45.9 Å². The van der Waals surface area contributed by atoms with E-state index in [1.54, 1.807) is 18.7 Å². The van der Waals surface area contributed by atoms with Crippen molar-refractivity contribution in [1.29, 1.82) is 0 Å². The van der Waals surface area contributed by atoms with Gasteiger partial charge in [0.2, 0.25) is 5.58 Å². The number of amides is 1. The number of carbonyl (C=O) groups is 2. The van der Waals surface area contributed by atoms with Crippen molar-refractivity contribution in [2.24, 2.45) is 0 Å². The van der Waals surface area contributed by atoms with E-state index >= 15 is 4.39 Å². The Morgan fingerprint density at radius 2 is 2.04 bits per heavy atom. The van der Waals surface area contributed by atoms with Crippen LogP contribution < -0.4 is 10.2 Å². The number of rotatable bonds is 4. The second kappa shape index (κ2) is 7.03. The zero-order valence-electron chi connectivity index (χ0n) is 15.2. The standard InChI is InChI=1S/C18H22FN3O4/c1-9(2)20-18(24)15-13-5-12(8-23)16(14(19)17(13)26-21-15)22-6-10(3)25-11(4)7-22/h5,8-11H,6-7H2,1-4H3,(H,20,24)/t10-,11-/m1/s1. The van der Waals surface area contributed by atoms with Crippen LogP contribution >= 0.6 is 0 Å². The van der Waals surface area contributed by atoms with Crippen LogP contribution in [0.25, 0.3) is 11.0 Å². The predicted octanol–water partition coefficient (Wildman–Crippen LogP) is 2.53. The molecule has 1 saturated heterocycles. The largest absolute Gasteiger partial charge is 0.372 e. The Bertz CT molecular complexity index is 839. The van der Waals surface area contributed by atoms with E-state index in [1.807, 2.05) is 13.8 Å². The Morgan fingerprint density at radius 3 is 2.62 bits per heavy atom. The average Bonchev–Trinajstić information content (AvgIpc) is 2.97. The van der Waals surface area contributed by atoms with Crippen LogP contribution in [0.1, 0.15) is 48.5 Å². The van der Waals surface area contributed by atoms with Gasteiger partial charge in [0.1, 0.15) is 0 Å². The molecule has 8 heteroatoms. The number of carbonyl (C=O) groups excluding carboxylic acids is 2. The molecule has 0 unspecified atom stereocenters. The topological polar surface area (TPSA) is 84.7 Å². The SMILES string of the molecule is CC(C)NC(=O)c1noc2c(F)c(N3C[C@@H](C)O[C@H](C)C3)c(C=O)cc12. The maximum Gasteiger partial charge on any atom is 0.274 e. The number of hydrogen-bond donors (Lipinski definition) is 1. The fourth-order valence-electron chi connectivity index (χ4n) is 3.31. The van der Waals surface area contributed by atoms with Gasteiger partial charge in [-0.2, -0.15) is 0 Å². The average molecular weight is 363 g/mol. The molecule has 0 spiro atoms. The number of nitrogens with zero attached hydrogens (tertiary/aromatic N) is 2. The number of ether oxygens (including phenoxy) is 1. The molecule has 2 heterocycles. The number of halogens is 1. The van der Waals surface area contributed by atoms with E-state index in [9.17, 15) is 9.59 Å². The second-order valence-corrected chi connectivity index (χ2v) is 6.94. The van der Waals surface area contributed by atoms with Gasteiger partial charge in [-0.25, -0.2) is 4.39 Å². The first kappa shape index (κ1) is 18.3. The lowest BCUT2D eigenvalue weighted by molar-refractivity contribution is -0.00543. The van der Waals surface area contributed by atoms with Crippen molar-refractivity contribution >= 4 is 28.8 Å². The molecule has 0 radical (unpaired) electrons. The zero-order chi connectivity index (χ0) is 19.0. The monoisotopic (exact) mass is 363 g/mol. The third-order valence-electron chi connectivity index (χ3n) is 4.21. The molecule has 26 heavy (non-hydrogen) atoms. The molecule has 1 aromatic carbocycles. The third-order valence-corrected chi connectivity index (χ3v) is 4.21. The van der Waals surface area contributed by atoms with E-state index in [0.29, 0.717) is 19.4 Å². The highest BCUT2D eigenvalue weighted by Gasteiger charge is 2.30. The Labute approximate surface area is 150 Å². The van der Waals surface area contributed by atoms with Crippen LogP contribution in [0.3, 0.4) is 0 Å². The minimum Gasteiger partial charge on any atom is -0.372 e. The summed E-state index contributed by atoms with van der Waals surface area (Å²) in [6, 6.07) is 1.34. The Hall–Kier alpha value is -2.48. The summed E-state index contributed by atoms with van der Waals surface area (Å²) >= 11 is 0. The van der Waals surface area contributed by atoms with Crippen molar-refractivity contribution in [3.8, 4) is 0 Å². The molecule has 1 aliphatic heterocycles. The van der Waals surface area contributed by atoms with Crippen LogP contribution in [-0.2, 0) is 4.74 Å². The summed E-state index contributed by atoms with van der Waals surface area (Å²) < 4.78 is 26.0. The molecule has 7 nitrogen and oxygen atoms in total. The van der Waals surface area contributed by atoms with Gasteiger partial charge in [-0.1, -0.05) is 5.16 Å². The number of morpholine rings is 1. The fraction of sp³-hybridized carbons (Fsp3) is 0.500. The van der Waals surface area contributed by atoms with E-state index in [4.69, 9.17) is 9.26 Å². The van der Waals surface area contributed by atoms with Crippen molar-refractivity contribution in [3.63, 3.8) is 0 Å². The summed E-state index contributed by atoms with van der Waals surface area (Å²) in [5.41, 5.74) is 0.136. The summed E-state index contributed by atoms with van der Waals surface area (Å²) in [4.78, 5) is 25.6. The lowest BCUT2D eigenvalue weighted by Crippen LogP contribution is -2.46. The molecule has 1 aliphatic rings. The van der Waals surface area contributed by atoms with Gasteiger partial charge in [0.25, 0.3) is 5.91 Å². The number of aldehydes is 1. The van der Waals surface area contributed by atoms with Crippen LogP contribution in [-0.4, -0.2) is 48.7 Å². The molecule has 0 bridgehead atoms. The van der Waals surface area contributed by atoms with Gasteiger partial charge in [-0.3, -0.25) is 9.59 Å². The van der Waals surface area contributed by atoms with Gasteiger partial charge in [0, 0.05) is 24.7 Å². The van der Waals surface area contributed by atoms with Crippen molar-refractivity contribution < 1.29 is 23.2 Å². The smallest absolute Gasteiger partial charge is 0.274 e. The molecule has 2 atom stereocenters. The van der Waals surface area contributed by atoms with Gasteiger partial charge in [0.05, 0.1) is 23.3 Å². The summed E-state index contributed by atoms with van der Waals surface area (Å²) in [6.07, 6.45) is 0.380. The maximum absolute atomic E-state index is 15.2. The normalized spacial score (nSPS) is 20.6. The van der Waals surface area contributed by atoms with Crippen LogP contribution in [0.5, 0.6) is 0 Å². The highest BCUT2D eigenvalue weighted by atomic mass is 19.1. The number of hydrogen-bond acceptors (Lipinski definition) is 6. The first-order valence-corrected chi connectivity index (χ1v) is 8.60. The lowest BCUT2D eigenvalue weighted by atomic mass is 10.1. The van der Waals surface area contributed by atoms with E-state index in [-0.39, 0.29) is 46.2 Å². The van der Waals surface area contributed by atoms with Crippen molar-refractivity contribution in [3.05, 3.63) is 23.1 Å². The minimum absolute atomic E-state index is 0.0361. The Kier molecular flexibility index (Phi) is 4.95. The highest BCUT2D eigenvalue weighted by Crippen LogP contribution is 2.34. The third kappa shape index (κ3) is 3.29. The first-order valence-electron chi connectivity index (χ1n) is 8.60. The molecule has 2 aromatic rings. The summed E-state index contributed by atoms with van der Waals surface area (Å²) in [5, 5.41) is 6.58. The van der Waals surface area contributed by atoms with Crippen LogP contribution in [0, 0.1) is 5.82 Å². The quantitative estimate of drug-likeness (QED) is 0.841. The molecule has 1 amide bonds. The molecule has 1 fully saturated rings. The van der Waals surface area contributed by atoms with Crippen LogP contribution in [0.15, 0.2) is 10.6 Å². The van der Waals surface area contributed by atoms with Gasteiger partial charge < -0.3 is 19.5 Å². The molecule has 1 aromatic heterocycles. The summed E-state index contributed by atoms with van der Waals surface area (Å²) in [5.74, 6) is -1.17. The zero-order valence-corrected chi connectivity index (χ0v) is 15.2. The van der Waals surface area contributed by atoms with E-state index in [2.05, 4.69) is 10.5 Å². The Morgan fingerprint density at radius 1 is 1.38 bits per heavy atom. The lowest BCUT2D eigenvalue weighted by Gasteiger charge is -2.37. The van der Waals surface area contributed by atoms with Gasteiger partial charge in [0.15, 0.2) is 17.8 Å². The van der Waals surface area contributed by atoms with Gasteiger partial charge in [-0.15, -0.1) is 0 Å². The number of anilines is 1. The molecule has 140 valence electrons. The van der Waals surface area contributed by atoms with Gasteiger partial charge in [-0.05, 0) is 33.8 Å². The van der Waals surface area contributed by atoms with Crippen LogP contribution in [0.4, 0.5) is 10.1 Å². The van der Waals surface area contributed by atoms with Gasteiger partial charge >= 0.3 is 0 Å². The van der Waals surface area contributed by atoms with Crippen LogP contribution in [0.2, 0.25) is 0 Å². The first-order chi connectivity index (χ1) is 12.3. The second-order valence-electron chi connectivity index (χ2n) is 6.94. The number of benzene rings is 1. The molecular formula is C18H22FN3O4. The maximum atomic E-state index is 15.2. The number of nitrogens with one attached hydrogen (secondary N) is 1. The molecule has 0 aliphatic carbocycles. The molecule has 3 rings (SSSR count). The fourth-order valence-corrected chi connectivity index (χ4v) is 3.31. The summed E-state index contributed by atoms with van der Waals surface area (Å²) in [7, 11) is 0. The Balaban J connectivity index is 2.10. The molecule has 0 saturated carbocycles. The van der Waals surface area contributed by atoms with E-state index in [1.165, 1.54) is 6.07 Å². The minimum atomic E-state index is -0.693. The van der Waals surface area contributed by atoms with E-state index < -0.39 is 11.7 Å². The number of aromatic nitrogens is 1. The highest BCUT2D eigenvalue weighted by molar-refractivity contribution is 6.07. The molecular weight excluding hydrogens is 341 g/mol. The predicted molar refractivity (Wildman–Crippen MR) is 94.2 cm³/mol.